The van der Waals surface area contributed by atoms with Crippen molar-refractivity contribution in [2.75, 3.05) is 38.8 Å². The molecule has 13 nitrogen and oxygen atoms in total. The third-order valence-corrected chi connectivity index (χ3v) is 7.37. The molecule has 0 radical (unpaired) electrons. The van der Waals surface area contributed by atoms with Crippen molar-refractivity contribution >= 4 is 27.6 Å². The van der Waals surface area contributed by atoms with Gasteiger partial charge < -0.3 is 18.9 Å². The molecule has 0 bridgehead atoms. The minimum Gasteiger partial charge on any atom is -0.481 e. The Labute approximate surface area is 213 Å². The van der Waals surface area contributed by atoms with Gasteiger partial charge in [0.15, 0.2) is 11.6 Å². The lowest BCUT2D eigenvalue weighted by Gasteiger charge is -2.25. The van der Waals surface area contributed by atoms with Gasteiger partial charge in [-0.15, -0.1) is 10.2 Å². The topological polar surface area (TPSA) is 152 Å². The molecule has 1 aliphatic rings. The molecule has 1 fully saturated rings. The first kappa shape index (κ1) is 26.2. The van der Waals surface area contributed by atoms with Crippen LogP contribution in [0, 0.1) is 0 Å². The molecule has 0 spiro atoms. The third-order valence-electron chi connectivity index (χ3n) is 5.48. The van der Waals surface area contributed by atoms with Gasteiger partial charge in [-0.1, -0.05) is 17.7 Å². The molecule has 0 saturated carbocycles. The van der Waals surface area contributed by atoms with E-state index < -0.39 is 21.4 Å². The molecule has 36 heavy (non-hydrogen) atoms. The standard InChI is InChI=1S/C21H26ClN7O6S/c1-13(18(33-3)19-23-9-14(22)10-24-19)36(30,31)28-21-27-26-20(16-5-4-6-17(25-16)32-2)29(21)11-15-12-34-7-8-35-15/h4-6,9-10,13,15,18H,7-8,11-12H2,1-3H3,(H,27,28)/t13?,15-,18?/m1/s1. The molecule has 1 saturated heterocycles. The van der Waals surface area contributed by atoms with Gasteiger partial charge in [-0.05, 0) is 13.0 Å². The average molecular weight is 540 g/mol. The second-order valence-electron chi connectivity index (χ2n) is 7.86. The van der Waals surface area contributed by atoms with Crippen LogP contribution in [0.4, 0.5) is 5.95 Å². The maximum absolute atomic E-state index is 13.4. The zero-order valence-corrected chi connectivity index (χ0v) is 21.4. The molecule has 0 aliphatic carbocycles. The van der Waals surface area contributed by atoms with Gasteiger partial charge in [0.1, 0.15) is 17.0 Å². The van der Waals surface area contributed by atoms with Crippen molar-refractivity contribution in [3.8, 4) is 17.4 Å². The van der Waals surface area contributed by atoms with E-state index in [4.69, 9.17) is 30.5 Å². The minimum absolute atomic E-state index is 0.0116. The third kappa shape index (κ3) is 5.90. The Bertz CT molecular complexity index is 1270. The van der Waals surface area contributed by atoms with E-state index in [1.165, 1.54) is 33.5 Å². The van der Waals surface area contributed by atoms with E-state index >= 15 is 0 Å². The Kier molecular flexibility index (Phi) is 8.31. The maximum Gasteiger partial charge on any atom is 0.240 e. The Balaban J connectivity index is 1.66. The normalized spacial score (nSPS) is 17.9. The van der Waals surface area contributed by atoms with Crippen molar-refractivity contribution in [2.45, 2.75) is 30.9 Å². The number of hydrogen-bond acceptors (Lipinski definition) is 11. The highest BCUT2D eigenvalue weighted by atomic mass is 35.5. The molecule has 3 atom stereocenters. The summed E-state index contributed by atoms with van der Waals surface area (Å²) in [5, 5.41) is 7.54. The molecule has 194 valence electrons. The van der Waals surface area contributed by atoms with Gasteiger partial charge >= 0.3 is 0 Å². The van der Waals surface area contributed by atoms with Crippen LogP contribution in [-0.4, -0.2) is 83.5 Å². The molecular weight excluding hydrogens is 514 g/mol. The fourth-order valence-corrected chi connectivity index (χ4v) is 4.85. The molecule has 15 heteroatoms. The number of methoxy groups -OCH3 is 2. The summed E-state index contributed by atoms with van der Waals surface area (Å²) in [7, 11) is -1.18. The number of aromatic nitrogens is 6. The number of sulfonamides is 1. The molecule has 3 aromatic rings. The molecule has 0 amide bonds. The van der Waals surface area contributed by atoms with Gasteiger partial charge in [0, 0.05) is 25.6 Å². The lowest BCUT2D eigenvalue weighted by atomic mass is 10.2. The van der Waals surface area contributed by atoms with Crippen LogP contribution in [0.3, 0.4) is 0 Å². The average Bonchev–Trinajstić information content (AvgIpc) is 3.27. The number of rotatable bonds is 10. The first-order chi connectivity index (χ1) is 17.3. The van der Waals surface area contributed by atoms with Crippen LogP contribution < -0.4 is 9.46 Å². The monoisotopic (exact) mass is 539 g/mol. The Morgan fingerprint density at radius 2 is 2.00 bits per heavy atom. The van der Waals surface area contributed by atoms with E-state index in [9.17, 15) is 8.42 Å². The highest BCUT2D eigenvalue weighted by Crippen LogP contribution is 2.27. The van der Waals surface area contributed by atoms with E-state index in [2.05, 4.69) is 29.9 Å². The smallest absolute Gasteiger partial charge is 0.240 e. The SMILES string of the molecule is COc1cccc(-c2nnc(NS(=O)(=O)C(C)C(OC)c3ncc(Cl)cn3)n2C[C@@H]2COCCO2)n1. The number of hydrogen-bond donors (Lipinski definition) is 1. The van der Waals surface area contributed by atoms with Crippen molar-refractivity contribution in [1.29, 1.82) is 0 Å². The second kappa shape index (κ2) is 11.4. The lowest BCUT2D eigenvalue weighted by Crippen LogP contribution is -2.35. The van der Waals surface area contributed by atoms with Crippen molar-refractivity contribution in [3.05, 3.63) is 41.4 Å². The largest absolute Gasteiger partial charge is 0.481 e. The van der Waals surface area contributed by atoms with Crippen molar-refractivity contribution < 1.29 is 27.4 Å². The fourth-order valence-electron chi connectivity index (χ4n) is 3.60. The highest BCUT2D eigenvalue weighted by Gasteiger charge is 2.34. The number of pyridine rings is 1. The van der Waals surface area contributed by atoms with Crippen LogP contribution in [0.25, 0.3) is 11.5 Å². The maximum atomic E-state index is 13.4. The summed E-state index contributed by atoms with van der Waals surface area (Å²) in [5.74, 6) is 0.872. The molecule has 4 rings (SSSR count). The summed E-state index contributed by atoms with van der Waals surface area (Å²) >= 11 is 5.86. The van der Waals surface area contributed by atoms with Gasteiger partial charge in [0.2, 0.25) is 21.9 Å². The van der Waals surface area contributed by atoms with Gasteiger partial charge in [0.05, 0.1) is 44.6 Å². The van der Waals surface area contributed by atoms with Crippen LogP contribution >= 0.6 is 11.6 Å². The van der Waals surface area contributed by atoms with Gasteiger partial charge in [0.25, 0.3) is 0 Å². The Morgan fingerprint density at radius 1 is 1.22 bits per heavy atom. The predicted octanol–water partition coefficient (Wildman–Crippen LogP) is 1.73. The van der Waals surface area contributed by atoms with Crippen LogP contribution in [0.5, 0.6) is 5.88 Å². The van der Waals surface area contributed by atoms with Gasteiger partial charge in [-0.2, -0.15) is 0 Å². The molecule has 1 N–H and O–H groups in total. The fraction of sp³-hybridized carbons (Fsp3) is 0.476. The van der Waals surface area contributed by atoms with Gasteiger partial charge in [-0.3, -0.25) is 9.29 Å². The second-order valence-corrected chi connectivity index (χ2v) is 10.3. The van der Waals surface area contributed by atoms with E-state index in [1.54, 1.807) is 22.8 Å². The van der Waals surface area contributed by atoms with E-state index in [1.807, 2.05) is 0 Å². The lowest BCUT2D eigenvalue weighted by molar-refractivity contribution is -0.0932. The number of ether oxygens (including phenoxy) is 4. The minimum atomic E-state index is -4.06. The number of halogens is 1. The van der Waals surface area contributed by atoms with E-state index in [0.717, 1.165) is 0 Å². The summed E-state index contributed by atoms with van der Waals surface area (Å²) in [6.45, 7) is 2.96. The number of nitrogens with one attached hydrogen (secondary N) is 1. The van der Waals surface area contributed by atoms with Crippen LogP contribution in [0.1, 0.15) is 18.9 Å². The first-order valence-electron chi connectivity index (χ1n) is 11.0. The van der Waals surface area contributed by atoms with Crippen molar-refractivity contribution in [3.63, 3.8) is 0 Å². The predicted molar refractivity (Wildman–Crippen MR) is 129 cm³/mol. The zero-order chi connectivity index (χ0) is 25.7. The molecule has 0 aromatic carbocycles. The molecular formula is C21H26ClN7O6S. The van der Waals surface area contributed by atoms with Gasteiger partial charge in [-0.25, -0.2) is 23.4 Å². The number of nitrogens with zero attached hydrogens (tertiary/aromatic N) is 6. The molecule has 1 aliphatic heterocycles. The zero-order valence-electron chi connectivity index (χ0n) is 19.9. The Morgan fingerprint density at radius 3 is 2.67 bits per heavy atom. The molecule has 4 heterocycles. The first-order valence-corrected chi connectivity index (χ1v) is 12.9. The summed E-state index contributed by atoms with van der Waals surface area (Å²) in [6.07, 6.45) is 1.44. The quantitative estimate of drug-likeness (QED) is 0.400. The molecule has 2 unspecified atom stereocenters. The van der Waals surface area contributed by atoms with E-state index in [0.29, 0.717) is 42.2 Å². The van der Waals surface area contributed by atoms with E-state index in [-0.39, 0.29) is 24.4 Å². The number of anilines is 1. The van der Waals surface area contributed by atoms with Crippen LogP contribution in [0.2, 0.25) is 5.02 Å². The Hall–Kier alpha value is -2.91. The van der Waals surface area contributed by atoms with Crippen molar-refractivity contribution in [2.24, 2.45) is 0 Å². The highest BCUT2D eigenvalue weighted by molar-refractivity contribution is 7.93. The summed E-state index contributed by atoms with van der Waals surface area (Å²) in [6, 6.07) is 5.17. The van der Waals surface area contributed by atoms with Crippen molar-refractivity contribution in [1.82, 2.24) is 29.7 Å². The summed E-state index contributed by atoms with van der Waals surface area (Å²) in [4.78, 5) is 12.6. The summed E-state index contributed by atoms with van der Waals surface area (Å²) in [5.41, 5.74) is 0.446. The van der Waals surface area contributed by atoms with Crippen LogP contribution in [-0.2, 0) is 30.8 Å². The summed E-state index contributed by atoms with van der Waals surface area (Å²) < 4.78 is 52.8. The van der Waals surface area contributed by atoms with Crippen LogP contribution in [0.15, 0.2) is 30.6 Å². The molecule has 3 aromatic heterocycles.